The summed E-state index contributed by atoms with van der Waals surface area (Å²) in [5, 5.41) is 17.1. The molecular weight excluding hydrogens is 242 g/mol. The number of carbonyl (C=O) groups excluding carboxylic acids is 1. The second kappa shape index (κ2) is 7.52. The molecule has 5 heteroatoms. The van der Waals surface area contributed by atoms with Gasteiger partial charge in [0.05, 0.1) is 19.2 Å². The molecule has 19 heavy (non-hydrogen) atoms. The molecule has 0 bridgehead atoms. The van der Waals surface area contributed by atoms with Crippen molar-refractivity contribution in [2.45, 2.75) is 0 Å². The SMILES string of the molecule is COc1ccc(/C=C/C(=O)N(CC#N)CC#N)cc1. The van der Waals surface area contributed by atoms with Crippen molar-refractivity contribution in [1.29, 1.82) is 10.5 Å². The van der Waals surface area contributed by atoms with Crippen molar-refractivity contribution in [2.24, 2.45) is 0 Å². The minimum absolute atomic E-state index is 0.0979. The van der Waals surface area contributed by atoms with Crippen molar-refractivity contribution in [1.82, 2.24) is 4.90 Å². The fourth-order valence-electron chi connectivity index (χ4n) is 1.37. The molecule has 96 valence electrons. The quantitative estimate of drug-likeness (QED) is 0.591. The number of carbonyl (C=O) groups is 1. The number of nitrogens with zero attached hydrogens (tertiary/aromatic N) is 3. The van der Waals surface area contributed by atoms with Crippen LogP contribution in [0.15, 0.2) is 30.3 Å². The van der Waals surface area contributed by atoms with Gasteiger partial charge < -0.3 is 9.64 Å². The van der Waals surface area contributed by atoms with E-state index >= 15 is 0 Å². The van der Waals surface area contributed by atoms with Gasteiger partial charge in [-0.2, -0.15) is 10.5 Å². The molecule has 1 rings (SSSR count). The second-order valence-electron chi connectivity index (χ2n) is 3.62. The number of rotatable bonds is 5. The Balaban J connectivity index is 2.71. The van der Waals surface area contributed by atoms with E-state index in [2.05, 4.69) is 0 Å². The third kappa shape index (κ3) is 4.53. The van der Waals surface area contributed by atoms with Gasteiger partial charge in [0.2, 0.25) is 5.91 Å². The molecule has 0 aliphatic carbocycles. The number of hydrogen-bond acceptors (Lipinski definition) is 4. The van der Waals surface area contributed by atoms with Gasteiger partial charge in [0.15, 0.2) is 0 Å². The minimum Gasteiger partial charge on any atom is -0.497 e. The monoisotopic (exact) mass is 255 g/mol. The van der Waals surface area contributed by atoms with Crippen LogP contribution in [-0.2, 0) is 4.79 Å². The van der Waals surface area contributed by atoms with E-state index in [-0.39, 0.29) is 19.0 Å². The number of amides is 1. The largest absolute Gasteiger partial charge is 0.497 e. The molecule has 1 aromatic carbocycles. The zero-order chi connectivity index (χ0) is 14.1. The summed E-state index contributed by atoms with van der Waals surface area (Å²) in [7, 11) is 1.58. The first-order chi connectivity index (χ1) is 9.21. The first-order valence-electron chi connectivity index (χ1n) is 5.56. The van der Waals surface area contributed by atoms with Gasteiger partial charge in [-0.05, 0) is 23.8 Å². The summed E-state index contributed by atoms with van der Waals surface area (Å²) in [5.74, 6) is 0.373. The first-order valence-corrected chi connectivity index (χ1v) is 5.56. The molecule has 0 radical (unpaired) electrons. The van der Waals surface area contributed by atoms with Crippen LogP contribution in [0.4, 0.5) is 0 Å². The van der Waals surface area contributed by atoms with E-state index in [1.54, 1.807) is 25.3 Å². The van der Waals surface area contributed by atoms with Crippen LogP contribution in [0.25, 0.3) is 6.08 Å². The standard InChI is InChI=1S/C14H13N3O2/c1-19-13-5-2-12(3-6-13)4-7-14(18)17(10-8-15)11-9-16/h2-7H,10-11H2,1H3/b7-4+. The van der Waals surface area contributed by atoms with Crippen LogP contribution < -0.4 is 4.74 Å². The summed E-state index contributed by atoms with van der Waals surface area (Å²) in [4.78, 5) is 12.9. The maximum absolute atomic E-state index is 11.7. The van der Waals surface area contributed by atoms with E-state index < -0.39 is 0 Å². The highest BCUT2D eigenvalue weighted by molar-refractivity contribution is 5.92. The maximum Gasteiger partial charge on any atom is 0.248 e. The van der Waals surface area contributed by atoms with Crippen LogP contribution in [-0.4, -0.2) is 31.0 Å². The van der Waals surface area contributed by atoms with Crippen molar-refractivity contribution in [3.63, 3.8) is 0 Å². The Morgan fingerprint density at radius 3 is 2.32 bits per heavy atom. The molecule has 0 aliphatic heterocycles. The van der Waals surface area contributed by atoms with Crippen LogP contribution in [0.2, 0.25) is 0 Å². The molecule has 1 aromatic rings. The lowest BCUT2D eigenvalue weighted by Crippen LogP contribution is -2.30. The molecule has 0 spiro atoms. The Bertz CT molecular complexity index is 519. The summed E-state index contributed by atoms with van der Waals surface area (Å²) in [6, 6.07) is 10.9. The van der Waals surface area contributed by atoms with Crippen molar-refractivity contribution < 1.29 is 9.53 Å². The Morgan fingerprint density at radius 1 is 1.26 bits per heavy atom. The van der Waals surface area contributed by atoms with Gasteiger partial charge in [-0.15, -0.1) is 0 Å². The van der Waals surface area contributed by atoms with Gasteiger partial charge in [0.1, 0.15) is 18.8 Å². The predicted octanol–water partition coefficient (Wildman–Crippen LogP) is 1.58. The summed E-state index contributed by atoms with van der Waals surface area (Å²) >= 11 is 0. The van der Waals surface area contributed by atoms with E-state index in [0.717, 1.165) is 11.3 Å². The zero-order valence-corrected chi connectivity index (χ0v) is 10.5. The fraction of sp³-hybridized carbons (Fsp3) is 0.214. The first kappa shape index (κ1) is 14.3. The van der Waals surface area contributed by atoms with E-state index in [1.807, 2.05) is 24.3 Å². The highest BCUT2D eigenvalue weighted by atomic mass is 16.5. The normalized spacial score (nSPS) is 9.63. The Kier molecular flexibility index (Phi) is 5.65. The number of benzene rings is 1. The number of nitriles is 2. The third-order valence-corrected chi connectivity index (χ3v) is 2.37. The minimum atomic E-state index is -0.362. The van der Waals surface area contributed by atoms with Crippen LogP contribution in [0.3, 0.4) is 0 Å². The lowest BCUT2D eigenvalue weighted by atomic mass is 10.2. The molecule has 0 unspecified atom stereocenters. The third-order valence-electron chi connectivity index (χ3n) is 2.37. The smallest absolute Gasteiger partial charge is 0.248 e. The van der Waals surface area contributed by atoms with Crippen molar-refractivity contribution >= 4 is 12.0 Å². The Morgan fingerprint density at radius 2 is 1.84 bits per heavy atom. The van der Waals surface area contributed by atoms with Crippen molar-refractivity contribution in [3.05, 3.63) is 35.9 Å². The molecule has 0 saturated carbocycles. The number of methoxy groups -OCH3 is 1. The van der Waals surface area contributed by atoms with Crippen LogP contribution >= 0.6 is 0 Å². The summed E-state index contributed by atoms with van der Waals surface area (Å²) in [6.07, 6.45) is 2.97. The van der Waals surface area contributed by atoms with Crippen molar-refractivity contribution in [3.8, 4) is 17.9 Å². The number of ether oxygens (including phenoxy) is 1. The van der Waals surface area contributed by atoms with Gasteiger partial charge in [-0.1, -0.05) is 12.1 Å². The predicted molar refractivity (Wildman–Crippen MR) is 69.8 cm³/mol. The maximum atomic E-state index is 11.7. The molecule has 5 nitrogen and oxygen atoms in total. The molecule has 0 aliphatic rings. The zero-order valence-electron chi connectivity index (χ0n) is 10.5. The molecule has 0 N–H and O–H groups in total. The summed E-state index contributed by atoms with van der Waals surface area (Å²) in [6.45, 7) is -0.196. The average Bonchev–Trinajstić information content (AvgIpc) is 2.45. The van der Waals surface area contributed by atoms with Gasteiger partial charge in [-0.25, -0.2) is 0 Å². The van der Waals surface area contributed by atoms with Gasteiger partial charge in [-0.3, -0.25) is 4.79 Å². The average molecular weight is 255 g/mol. The molecule has 0 atom stereocenters. The van der Waals surface area contributed by atoms with Crippen LogP contribution in [0, 0.1) is 22.7 Å². The van der Waals surface area contributed by atoms with Crippen LogP contribution in [0.5, 0.6) is 5.75 Å². The Hall–Kier alpha value is -2.79. The van der Waals surface area contributed by atoms with E-state index in [0.29, 0.717) is 0 Å². The molecule has 0 saturated heterocycles. The van der Waals surface area contributed by atoms with Crippen molar-refractivity contribution in [2.75, 3.05) is 20.2 Å². The van der Waals surface area contributed by atoms with E-state index in [9.17, 15) is 4.79 Å². The highest BCUT2D eigenvalue weighted by Crippen LogP contribution is 2.12. The molecule has 1 amide bonds. The molecule has 0 fully saturated rings. The summed E-state index contributed by atoms with van der Waals surface area (Å²) < 4.78 is 5.03. The van der Waals surface area contributed by atoms with Gasteiger partial charge in [0.25, 0.3) is 0 Å². The topological polar surface area (TPSA) is 77.1 Å². The fourth-order valence-corrected chi connectivity index (χ4v) is 1.37. The lowest BCUT2D eigenvalue weighted by Gasteiger charge is -2.12. The lowest BCUT2D eigenvalue weighted by molar-refractivity contribution is -0.124. The highest BCUT2D eigenvalue weighted by Gasteiger charge is 2.08. The Labute approximate surface area is 111 Å². The van der Waals surface area contributed by atoms with Crippen LogP contribution in [0.1, 0.15) is 5.56 Å². The number of hydrogen-bond donors (Lipinski definition) is 0. The van der Waals surface area contributed by atoms with Gasteiger partial charge in [0, 0.05) is 6.08 Å². The summed E-state index contributed by atoms with van der Waals surface area (Å²) in [5.41, 5.74) is 0.836. The molecular formula is C14H13N3O2. The van der Waals surface area contributed by atoms with E-state index in [4.69, 9.17) is 15.3 Å². The molecule has 0 heterocycles. The second-order valence-corrected chi connectivity index (χ2v) is 3.62. The van der Waals surface area contributed by atoms with Gasteiger partial charge >= 0.3 is 0 Å². The molecule has 0 aromatic heterocycles. The van der Waals surface area contributed by atoms with E-state index in [1.165, 1.54) is 11.0 Å².